The molecule has 33 heavy (non-hydrogen) atoms. The zero-order chi connectivity index (χ0) is 24.0. The van der Waals surface area contributed by atoms with Gasteiger partial charge in [0.1, 0.15) is 6.10 Å². The fourth-order valence-electron chi connectivity index (χ4n) is 8.55. The fraction of sp³-hybridized carbons (Fsp3) is 0.857. The minimum absolute atomic E-state index is 0.115. The van der Waals surface area contributed by atoms with Gasteiger partial charge in [-0.25, -0.2) is 0 Å². The number of likely N-dealkylation sites (N-methyl/N-ethyl adjacent to an activating group) is 1. The Bertz CT molecular complexity index is 792. The molecule has 0 aromatic rings. The van der Waals surface area contributed by atoms with Gasteiger partial charge in [0.2, 0.25) is 5.91 Å². The zero-order valence-corrected chi connectivity index (χ0v) is 21.8. The first-order chi connectivity index (χ1) is 15.5. The van der Waals surface area contributed by atoms with Crippen LogP contribution in [0.25, 0.3) is 0 Å². The second-order valence-corrected chi connectivity index (χ2v) is 12.5. The number of carbonyl (C=O) groups excluding carboxylic acids is 2. The van der Waals surface area contributed by atoms with Gasteiger partial charge >= 0.3 is 5.97 Å². The molecule has 0 saturated heterocycles. The van der Waals surface area contributed by atoms with E-state index < -0.39 is 0 Å². The molecule has 0 heterocycles. The summed E-state index contributed by atoms with van der Waals surface area (Å²) < 4.78 is 5.62. The normalized spacial score (nSPS) is 40.8. The van der Waals surface area contributed by atoms with Gasteiger partial charge in [-0.15, -0.1) is 0 Å². The number of amides is 1. The SMILES string of the molecule is CC(=O)O[C@H]1CC[C@@]2(C)C(CC=C3C2CC[C@@]2(C)C3CCC2[C@H](C)CNC(=O)CN(C)C)C1. The molecule has 186 valence electrons. The number of hydrogen-bond acceptors (Lipinski definition) is 4. The number of fused-ring (bicyclic) bond motifs is 5. The molecule has 4 rings (SSSR count). The average molecular weight is 459 g/mol. The summed E-state index contributed by atoms with van der Waals surface area (Å²) in [5, 5.41) is 3.19. The Labute approximate surface area is 201 Å². The average Bonchev–Trinajstić information content (AvgIpc) is 3.09. The van der Waals surface area contributed by atoms with E-state index in [1.807, 2.05) is 19.0 Å². The molecule has 3 saturated carbocycles. The number of esters is 1. The van der Waals surface area contributed by atoms with E-state index in [2.05, 4.69) is 32.2 Å². The van der Waals surface area contributed by atoms with Crippen LogP contribution in [0, 0.1) is 40.4 Å². The number of nitrogens with zero attached hydrogens (tertiary/aromatic N) is 1. The predicted molar refractivity (Wildman–Crippen MR) is 131 cm³/mol. The molecule has 4 aliphatic rings. The maximum absolute atomic E-state index is 12.2. The van der Waals surface area contributed by atoms with E-state index in [0.29, 0.717) is 47.0 Å². The molecule has 0 spiro atoms. The van der Waals surface area contributed by atoms with Gasteiger partial charge in [-0.05, 0) is 106 Å². The first-order valence-electron chi connectivity index (χ1n) is 13.3. The Hall–Kier alpha value is -1.36. The monoisotopic (exact) mass is 458 g/mol. The quantitative estimate of drug-likeness (QED) is 0.458. The lowest BCUT2D eigenvalue weighted by Crippen LogP contribution is -2.50. The van der Waals surface area contributed by atoms with Crippen LogP contribution in [0.4, 0.5) is 0 Å². The van der Waals surface area contributed by atoms with Crippen molar-refractivity contribution in [1.29, 1.82) is 0 Å². The van der Waals surface area contributed by atoms with E-state index in [1.54, 1.807) is 12.5 Å². The van der Waals surface area contributed by atoms with Crippen LogP contribution in [0.3, 0.4) is 0 Å². The van der Waals surface area contributed by atoms with Crippen molar-refractivity contribution in [2.75, 3.05) is 27.2 Å². The van der Waals surface area contributed by atoms with Crippen molar-refractivity contribution in [2.24, 2.45) is 40.4 Å². The first kappa shape index (κ1) is 24.8. The molecule has 5 heteroatoms. The van der Waals surface area contributed by atoms with Gasteiger partial charge in [0, 0.05) is 13.5 Å². The van der Waals surface area contributed by atoms with Crippen molar-refractivity contribution in [3.8, 4) is 0 Å². The van der Waals surface area contributed by atoms with Crippen LogP contribution in [0.1, 0.15) is 79.1 Å². The Morgan fingerprint density at radius 2 is 1.82 bits per heavy atom. The Morgan fingerprint density at radius 3 is 2.52 bits per heavy atom. The van der Waals surface area contributed by atoms with Crippen LogP contribution < -0.4 is 5.32 Å². The van der Waals surface area contributed by atoms with Crippen molar-refractivity contribution in [2.45, 2.75) is 85.2 Å². The van der Waals surface area contributed by atoms with Crippen LogP contribution >= 0.6 is 0 Å². The predicted octanol–water partition coefficient (Wildman–Crippen LogP) is 4.81. The van der Waals surface area contributed by atoms with Gasteiger partial charge in [-0.1, -0.05) is 32.4 Å². The standard InChI is InChI=1S/C28H46N2O3/c1-18(16-29-26(32)17-30(5)6)23-9-10-24-22-8-7-20-15-21(33-19(2)31)11-13-27(20,3)25(22)12-14-28(23,24)4/h8,18,20-21,23-25H,7,9-17H2,1-6H3,(H,29,32)/t18-,20?,21+,23?,24?,25?,27+,28-/m1/s1. The number of nitrogens with one attached hydrogen (secondary N) is 1. The van der Waals surface area contributed by atoms with E-state index in [0.717, 1.165) is 25.8 Å². The molecule has 4 aliphatic carbocycles. The first-order valence-corrected chi connectivity index (χ1v) is 13.3. The van der Waals surface area contributed by atoms with E-state index in [4.69, 9.17) is 4.74 Å². The van der Waals surface area contributed by atoms with Gasteiger partial charge in [0.05, 0.1) is 6.54 Å². The highest BCUT2D eigenvalue weighted by molar-refractivity contribution is 5.77. The van der Waals surface area contributed by atoms with Gasteiger partial charge in [-0.3, -0.25) is 9.59 Å². The second-order valence-electron chi connectivity index (χ2n) is 12.5. The van der Waals surface area contributed by atoms with Gasteiger partial charge < -0.3 is 15.0 Å². The van der Waals surface area contributed by atoms with Crippen LogP contribution in [0.2, 0.25) is 0 Å². The van der Waals surface area contributed by atoms with E-state index >= 15 is 0 Å². The number of hydrogen-bond donors (Lipinski definition) is 1. The highest BCUT2D eigenvalue weighted by Crippen LogP contribution is 2.66. The van der Waals surface area contributed by atoms with E-state index in [1.165, 1.54) is 32.1 Å². The topological polar surface area (TPSA) is 58.6 Å². The second kappa shape index (κ2) is 9.36. The summed E-state index contributed by atoms with van der Waals surface area (Å²) in [5.41, 5.74) is 2.47. The zero-order valence-electron chi connectivity index (χ0n) is 21.8. The molecule has 1 amide bonds. The molecule has 0 radical (unpaired) electrons. The highest BCUT2D eigenvalue weighted by atomic mass is 16.5. The fourth-order valence-corrected chi connectivity index (χ4v) is 8.55. The molecular weight excluding hydrogens is 412 g/mol. The van der Waals surface area contributed by atoms with Gasteiger partial charge in [0.25, 0.3) is 0 Å². The Kier molecular flexibility index (Phi) is 7.02. The largest absolute Gasteiger partial charge is 0.463 e. The lowest BCUT2D eigenvalue weighted by atomic mass is 9.47. The highest BCUT2D eigenvalue weighted by Gasteiger charge is 2.58. The van der Waals surface area contributed by atoms with Crippen LogP contribution in [0.5, 0.6) is 0 Å². The summed E-state index contributed by atoms with van der Waals surface area (Å²) >= 11 is 0. The lowest BCUT2D eigenvalue weighted by Gasteiger charge is -2.58. The number of ether oxygens (including phenoxy) is 1. The van der Waals surface area contributed by atoms with Crippen LogP contribution in [-0.2, 0) is 14.3 Å². The van der Waals surface area contributed by atoms with Gasteiger partial charge in [-0.2, -0.15) is 0 Å². The molecule has 0 aromatic carbocycles. The number of rotatable bonds is 6. The molecule has 1 N–H and O–H groups in total. The molecule has 0 aliphatic heterocycles. The van der Waals surface area contributed by atoms with Crippen molar-refractivity contribution in [1.82, 2.24) is 10.2 Å². The van der Waals surface area contributed by atoms with Crippen molar-refractivity contribution in [3.63, 3.8) is 0 Å². The summed E-state index contributed by atoms with van der Waals surface area (Å²) in [5.74, 6) is 3.22. The summed E-state index contributed by atoms with van der Waals surface area (Å²) in [7, 11) is 3.88. The maximum atomic E-state index is 12.2. The summed E-state index contributed by atoms with van der Waals surface area (Å²) in [6.07, 6.45) is 12.3. The van der Waals surface area contributed by atoms with Gasteiger partial charge in [0.15, 0.2) is 0 Å². The molecule has 4 unspecified atom stereocenters. The molecule has 5 nitrogen and oxygen atoms in total. The summed E-state index contributed by atoms with van der Waals surface area (Å²) in [6.45, 7) is 10.2. The van der Waals surface area contributed by atoms with E-state index in [9.17, 15) is 9.59 Å². The van der Waals surface area contributed by atoms with Crippen molar-refractivity contribution < 1.29 is 14.3 Å². The van der Waals surface area contributed by atoms with Crippen molar-refractivity contribution >= 4 is 11.9 Å². The molecule has 3 fully saturated rings. The molecule has 0 aromatic heterocycles. The third kappa shape index (κ3) is 4.63. The van der Waals surface area contributed by atoms with Crippen molar-refractivity contribution in [3.05, 3.63) is 11.6 Å². The number of carbonyl (C=O) groups is 2. The minimum Gasteiger partial charge on any atom is -0.463 e. The Morgan fingerprint density at radius 1 is 1.12 bits per heavy atom. The lowest BCUT2D eigenvalue weighted by molar-refractivity contribution is -0.152. The minimum atomic E-state index is -0.131. The third-order valence-electron chi connectivity index (χ3n) is 10.2. The van der Waals surface area contributed by atoms with Crippen LogP contribution in [-0.4, -0.2) is 50.1 Å². The third-order valence-corrected chi connectivity index (χ3v) is 10.2. The Balaban J connectivity index is 1.45. The smallest absolute Gasteiger partial charge is 0.302 e. The van der Waals surface area contributed by atoms with Crippen LogP contribution in [0.15, 0.2) is 11.6 Å². The maximum Gasteiger partial charge on any atom is 0.302 e. The number of allylic oxidation sites excluding steroid dienone is 2. The van der Waals surface area contributed by atoms with E-state index in [-0.39, 0.29) is 18.0 Å². The molecule has 0 bridgehead atoms. The molecular formula is C28H46N2O3. The summed E-state index contributed by atoms with van der Waals surface area (Å²) in [6, 6.07) is 0. The molecule has 8 atom stereocenters. The summed E-state index contributed by atoms with van der Waals surface area (Å²) in [4.78, 5) is 25.6.